The van der Waals surface area contributed by atoms with Gasteiger partial charge in [0.1, 0.15) is 6.04 Å². The smallest absolute Gasteiger partial charge is 0.339 e. The van der Waals surface area contributed by atoms with Gasteiger partial charge in [0, 0.05) is 32.2 Å². The number of carbonyl (C=O) groups is 4. The number of hydrogen-bond acceptors (Lipinski definition) is 9. The van der Waals surface area contributed by atoms with Crippen LogP contribution in [0.15, 0.2) is 29.2 Å². The van der Waals surface area contributed by atoms with Crippen molar-refractivity contribution >= 4 is 52.1 Å². The van der Waals surface area contributed by atoms with Crippen molar-refractivity contribution in [3.63, 3.8) is 0 Å². The van der Waals surface area contributed by atoms with Crippen molar-refractivity contribution in [3.8, 4) is 0 Å². The molecule has 14 nitrogen and oxygen atoms in total. The van der Waals surface area contributed by atoms with Crippen LogP contribution in [0.3, 0.4) is 0 Å². The van der Waals surface area contributed by atoms with E-state index in [2.05, 4.69) is 10.0 Å². The van der Waals surface area contributed by atoms with Crippen LogP contribution in [0.1, 0.15) is 55.8 Å². The third-order valence-corrected chi connectivity index (χ3v) is 8.68. The summed E-state index contributed by atoms with van der Waals surface area (Å²) in [6.07, 6.45) is 2.38. The Morgan fingerprint density at radius 2 is 1.88 bits per heavy atom. The maximum atomic E-state index is 13.8. The minimum Gasteiger partial charge on any atom is -0.466 e. The first-order chi connectivity index (χ1) is 20.0. The molecule has 43 heavy (non-hydrogen) atoms. The lowest BCUT2D eigenvalue weighted by Gasteiger charge is -2.33. The lowest BCUT2D eigenvalue weighted by Crippen LogP contribution is -2.52. The fraction of sp³-hybridized carbons (Fsp3) is 0.593. The van der Waals surface area contributed by atoms with Gasteiger partial charge in [0.2, 0.25) is 21.8 Å². The van der Waals surface area contributed by atoms with Crippen LogP contribution in [0.2, 0.25) is 0 Å². The Labute approximate surface area is 258 Å². The van der Waals surface area contributed by atoms with E-state index in [4.69, 9.17) is 20.6 Å². The van der Waals surface area contributed by atoms with E-state index in [0.717, 1.165) is 20.0 Å². The minimum atomic E-state index is -4.48. The van der Waals surface area contributed by atoms with Crippen LogP contribution in [-0.2, 0) is 33.9 Å². The zero-order valence-electron chi connectivity index (χ0n) is 24.4. The zero-order valence-corrected chi connectivity index (χ0v) is 26.0. The lowest BCUT2D eigenvalue weighted by atomic mass is 9.98. The first kappa shape index (κ1) is 35.8. The third-order valence-electron chi connectivity index (χ3n) is 7.15. The highest BCUT2D eigenvalue weighted by Gasteiger charge is 2.39. The minimum absolute atomic E-state index is 0. The number of guanidine groups is 1. The van der Waals surface area contributed by atoms with Crippen LogP contribution < -0.4 is 15.8 Å². The van der Waals surface area contributed by atoms with Gasteiger partial charge < -0.3 is 30.3 Å². The summed E-state index contributed by atoms with van der Waals surface area (Å²) in [7, 11) is -3.36. The van der Waals surface area contributed by atoms with Crippen LogP contribution in [0.5, 0.6) is 0 Å². The highest BCUT2D eigenvalue weighted by Crippen LogP contribution is 2.28. The van der Waals surface area contributed by atoms with Crippen LogP contribution in [0.25, 0.3) is 0 Å². The second kappa shape index (κ2) is 16.4. The van der Waals surface area contributed by atoms with E-state index in [1.54, 1.807) is 11.8 Å². The van der Waals surface area contributed by atoms with Gasteiger partial charge in [0.05, 0.1) is 37.0 Å². The summed E-state index contributed by atoms with van der Waals surface area (Å²) in [4.78, 5) is 53.8. The summed E-state index contributed by atoms with van der Waals surface area (Å²) >= 11 is 0. The van der Waals surface area contributed by atoms with Gasteiger partial charge in [-0.05, 0) is 50.7 Å². The summed E-state index contributed by atoms with van der Waals surface area (Å²) in [5.41, 5.74) is 5.38. The molecule has 16 heteroatoms. The molecule has 2 amide bonds. The van der Waals surface area contributed by atoms with Crippen molar-refractivity contribution in [2.75, 3.05) is 39.9 Å². The Hall–Kier alpha value is -3.43. The normalized spacial score (nSPS) is 17.2. The summed E-state index contributed by atoms with van der Waals surface area (Å²) < 4.78 is 39.0. The Kier molecular flexibility index (Phi) is 13.7. The van der Waals surface area contributed by atoms with Crippen molar-refractivity contribution in [2.24, 2.45) is 11.7 Å². The van der Waals surface area contributed by atoms with Crippen LogP contribution in [0, 0.1) is 11.3 Å². The number of nitrogens with two attached hydrogens (primary N) is 1. The molecule has 5 N–H and O–H groups in total. The zero-order chi connectivity index (χ0) is 30.9. The van der Waals surface area contributed by atoms with Crippen LogP contribution in [-0.4, -0.2) is 99.9 Å². The highest BCUT2D eigenvalue weighted by atomic mass is 35.5. The summed E-state index contributed by atoms with van der Waals surface area (Å²) in [6, 6.07) is 3.69. The number of nitrogens with one attached hydrogen (secondary N) is 3. The standard InChI is InChI=1S/C27H40N6O8S.ClH/c1-3-41-24(35)12-14-33(19-10-11-19)25(36)21(15-23(34)30-16-18-7-6-13-32(17-18)27(28)29)31-42(38,39)22-9-5-4-8-20(22)26(37)40-2;/h4-5,8-9,18-19,21,31H,3,6-7,10-17H2,1-2H3,(H3,28,29)(H,30,34);1H/t18-,21-;/m0./s1. The quantitative estimate of drug-likeness (QED) is 0.126. The molecule has 1 aliphatic carbocycles. The van der Waals surface area contributed by atoms with Gasteiger partial charge in [-0.25, -0.2) is 13.2 Å². The molecule has 0 bridgehead atoms. The Morgan fingerprint density at radius 3 is 2.51 bits per heavy atom. The van der Waals surface area contributed by atoms with Crippen molar-refractivity contribution in [1.29, 1.82) is 5.41 Å². The van der Waals surface area contributed by atoms with E-state index in [-0.39, 0.29) is 62.0 Å². The number of benzene rings is 1. The molecule has 2 atom stereocenters. The van der Waals surface area contributed by atoms with Gasteiger partial charge in [-0.1, -0.05) is 12.1 Å². The maximum absolute atomic E-state index is 13.8. The predicted octanol–water partition coefficient (Wildman–Crippen LogP) is 0.598. The lowest BCUT2D eigenvalue weighted by molar-refractivity contribution is -0.144. The average Bonchev–Trinajstić information content (AvgIpc) is 3.81. The van der Waals surface area contributed by atoms with Crippen LogP contribution >= 0.6 is 12.4 Å². The van der Waals surface area contributed by atoms with Crippen molar-refractivity contribution < 1.29 is 37.1 Å². The molecule has 0 spiro atoms. The molecule has 2 aliphatic rings. The second-order valence-electron chi connectivity index (χ2n) is 10.3. The Bertz CT molecular complexity index is 1280. The number of methoxy groups -OCH3 is 1. The van der Waals surface area contributed by atoms with E-state index in [0.29, 0.717) is 25.9 Å². The van der Waals surface area contributed by atoms with Crippen molar-refractivity contribution in [3.05, 3.63) is 29.8 Å². The number of halogens is 1. The fourth-order valence-corrected chi connectivity index (χ4v) is 6.26. The molecule has 0 unspecified atom stereocenters. The number of ether oxygens (including phenoxy) is 2. The van der Waals surface area contributed by atoms with Gasteiger partial charge in [0.15, 0.2) is 5.96 Å². The number of sulfonamides is 1. The molecule has 1 aliphatic heterocycles. The molecule has 1 heterocycles. The SMILES string of the molecule is CCOC(=O)CCN(C(=O)[C@H](CC(=O)NC[C@@H]1CCCN(C(=N)N)C1)NS(=O)(=O)c1ccccc1C(=O)OC)C1CC1.Cl. The number of nitrogens with zero attached hydrogens (tertiary/aromatic N) is 2. The summed E-state index contributed by atoms with van der Waals surface area (Å²) in [6.45, 7) is 3.28. The topological polar surface area (TPSA) is 201 Å². The number of rotatable bonds is 14. The average molecular weight is 645 g/mol. The van der Waals surface area contributed by atoms with Crippen molar-refractivity contribution in [1.82, 2.24) is 19.8 Å². The molecule has 0 aromatic heterocycles. The Balaban J connectivity index is 0.00000645. The summed E-state index contributed by atoms with van der Waals surface area (Å²) in [5.74, 6) is -2.60. The van der Waals surface area contributed by atoms with Crippen molar-refractivity contribution in [2.45, 2.75) is 62.4 Å². The molecule has 240 valence electrons. The van der Waals surface area contributed by atoms with Gasteiger partial charge >= 0.3 is 11.9 Å². The van der Waals surface area contributed by atoms with E-state index in [9.17, 15) is 27.6 Å². The van der Waals surface area contributed by atoms with Gasteiger partial charge in [0.25, 0.3) is 0 Å². The molecule has 0 radical (unpaired) electrons. The van der Waals surface area contributed by atoms with E-state index >= 15 is 0 Å². The molecular formula is C27H41ClN6O8S. The first-order valence-corrected chi connectivity index (χ1v) is 15.5. The largest absolute Gasteiger partial charge is 0.466 e. The number of amides is 2. The number of carbonyl (C=O) groups excluding carboxylic acids is 4. The highest BCUT2D eigenvalue weighted by molar-refractivity contribution is 7.89. The molecule has 1 aromatic rings. The van der Waals surface area contributed by atoms with Gasteiger partial charge in [-0.3, -0.25) is 19.8 Å². The molecular weight excluding hydrogens is 604 g/mol. The number of esters is 2. The fourth-order valence-electron chi connectivity index (χ4n) is 4.88. The maximum Gasteiger partial charge on any atom is 0.339 e. The Morgan fingerprint density at radius 1 is 1.19 bits per heavy atom. The number of piperidine rings is 1. The molecule has 1 saturated carbocycles. The third kappa shape index (κ3) is 10.4. The molecule has 3 rings (SSSR count). The predicted molar refractivity (Wildman–Crippen MR) is 159 cm³/mol. The second-order valence-corrected chi connectivity index (χ2v) is 12.0. The summed E-state index contributed by atoms with van der Waals surface area (Å²) in [5, 5.41) is 10.4. The van der Waals surface area contributed by atoms with Crippen LogP contribution in [0.4, 0.5) is 0 Å². The van der Waals surface area contributed by atoms with E-state index in [1.165, 1.54) is 29.2 Å². The van der Waals surface area contributed by atoms with Gasteiger partial charge in [-0.2, -0.15) is 4.72 Å². The van der Waals surface area contributed by atoms with E-state index in [1.807, 2.05) is 0 Å². The first-order valence-electron chi connectivity index (χ1n) is 14.0. The molecule has 2 fully saturated rings. The number of hydrogen-bond donors (Lipinski definition) is 4. The molecule has 1 aromatic carbocycles. The van der Waals surface area contributed by atoms with Gasteiger partial charge in [-0.15, -0.1) is 12.4 Å². The molecule has 1 saturated heterocycles. The number of likely N-dealkylation sites (tertiary alicyclic amines) is 1. The van der Waals surface area contributed by atoms with E-state index < -0.39 is 51.1 Å². The monoisotopic (exact) mass is 644 g/mol.